The van der Waals surface area contributed by atoms with Crippen LogP contribution >= 0.6 is 0 Å². The monoisotopic (exact) mass is 241 g/mol. The molecule has 0 fully saturated rings. The highest BCUT2D eigenvalue weighted by molar-refractivity contribution is 4.98. The van der Waals surface area contributed by atoms with Gasteiger partial charge in [0.2, 0.25) is 0 Å². The molecular formula is C15H31NO. The molecule has 0 amide bonds. The molecule has 0 aliphatic rings. The van der Waals surface area contributed by atoms with Gasteiger partial charge in [-0.1, -0.05) is 39.3 Å². The largest absolute Gasteiger partial charge is 0.377 e. The Kier molecular flexibility index (Phi) is 10.6. The lowest BCUT2D eigenvalue weighted by Gasteiger charge is -2.28. The van der Waals surface area contributed by atoms with E-state index in [1.54, 1.807) is 0 Å². The summed E-state index contributed by atoms with van der Waals surface area (Å²) in [5, 5.41) is 3.62. The Hall–Kier alpha value is -0.340. The van der Waals surface area contributed by atoms with Crippen molar-refractivity contribution in [1.82, 2.24) is 5.32 Å². The maximum absolute atomic E-state index is 5.88. The van der Waals surface area contributed by atoms with Crippen LogP contribution in [0.25, 0.3) is 0 Å². The van der Waals surface area contributed by atoms with Crippen LogP contribution in [0.3, 0.4) is 0 Å². The summed E-state index contributed by atoms with van der Waals surface area (Å²) in [7, 11) is 0. The second-order valence-electron chi connectivity index (χ2n) is 4.65. The van der Waals surface area contributed by atoms with E-state index < -0.39 is 0 Å². The molecule has 2 atom stereocenters. The fourth-order valence-electron chi connectivity index (χ4n) is 2.02. The van der Waals surface area contributed by atoms with Crippen molar-refractivity contribution < 1.29 is 4.74 Å². The van der Waals surface area contributed by atoms with E-state index in [0.29, 0.717) is 12.1 Å². The van der Waals surface area contributed by atoms with Gasteiger partial charge in [-0.05, 0) is 39.2 Å². The highest BCUT2D eigenvalue weighted by Gasteiger charge is 2.20. The molecule has 0 saturated heterocycles. The maximum Gasteiger partial charge on any atom is 0.0730 e. The van der Waals surface area contributed by atoms with Crippen LogP contribution in [0.2, 0.25) is 0 Å². The third-order valence-corrected chi connectivity index (χ3v) is 3.07. The van der Waals surface area contributed by atoms with E-state index in [1.807, 2.05) is 0 Å². The van der Waals surface area contributed by atoms with Crippen LogP contribution in [0.4, 0.5) is 0 Å². The van der Waals surface area contributed by atoms with Gasteiger partial charge in [-0.2, -0.15) is 0 Å². The van der Waals surface area contributed by atoms with Crippen LogP contribution in [-0.4, -0.2) is 25.3 Å². The predicted octanol–water partition coefficient (Wildman–Crippen LogP) is 3.92. The van der Waals surface area contributed by atoms with Crippen molar-refractivity contribution >= 4 is 0 Å². The summed E-state index contributed by atoms with van der Waals surface area (Å²) < 4.78 is 5.88. The Morgan fingerprint density at radius 1 is 1.18 bits per heavy atom. The Morgan fingerprint density at radius 2 is 1.88 bits per heavy atom. The van der Waals surface area contributed by atoms with Gasteiger partial charge in [0.1, 0.15) is 0 Å². The minimum Gasteiger partial charge on any atom is -0.377 e. The Morgan fingerprint density at radius 3 is 2.35 bits per heavy atom. The zero-order valence-electron chi connectivity index (χ0n) is 12.2. The molecule has 0 saturated carbocycles. The number of rotatable bonds is 11. The quantitative estimate of drug-likeness (QED) is 0.554. The molecule has 0 aromatic carbocycles. The van der Waals surface area contributed by atoms with Gasteiger partial charge in [-0.15, -0.1) is 0 Å². The maximum atomic E-state index is 5.88. The van der Waals surface area contributed by atoms with Crippen LogP contribution in [0.5, 0.6) is 0 Å². The highest BCUT2D eigenvalue weighted by Crippen LogP contribution is 2.16. The van der Waals surface area contributed by atoms with Crippen molar-refractivity contribution in [3.05, 3.63) is 12.2 Å². The van der Waals surface area contributed by atoms with Gasteiger partial charge in [-0.3, -0.25) is 0 Å². The molecule has 2 unspecified atom stereocenters. The zero-order chi connectivity index (χ0) is 13.1. The van der Waals surface area contributed by atoms with E-state index in [4.69, 9.17) is 4.74 Å². The molecule has 102 valence electrons. The lowest BCUT2D eigenvalue weighted by molar-refractivity contribution is 0.0281. The predicted molar refractivity (Wildman–Crippen MR) is 76.5 cm³/mol. The van der Waals surface area contributed by atoms with E-state index in [2.05, 4.69) is 39.6 Å². The number of hydrogen-bond donors (Lipinski definition) is 1. The van der Waals surface area contributed by atoms with Crippen molar-refractivity contribution in [3.63, 3.8) is 0 Å². The van der Waals surface area contributed by atoms with Crippen LogP contribution < -0.4 is 5.32 Å². The highest BCUT2D eigenvalue weighted by atomic mass is 16.5. The van der Waals surface area contributed by atoms with Crippen molar-refractivity contribution in [2.75, 3.05) is 13.2 Å². The molecule has 0 heterocycles. The summed E-state index contributed by atoms with van der Waals surface area (Å²) in [6.07, 6.45) is 5.91. The third-order valence-electron chi connectivity index (χ3n) is 3.07. The molecule has 0 aromatic heterocycles. The molecule has 0 bridgehead atoms. The molecule has 0 rings (SSSR count). The first-order valence-electron chi connectivity index (χ1n) is 7.21. The van der Waals surface area contributed by atoms with Gasteiger partial charge in [0.05, 0.1) is 6.10 Å². The minimum absolute atomic E-state index is 0.333. The number of hydrogen-bond acceptors (Lipinski definition) is 2. The molecule has 0 radical (unpaired) electrons. The van der Waals surface area contributed by atoms with Crippen LogP contribution in [0.1, 0.15) is 59.8 Å². The van der Waals surface area contributed by atoms with Gasteiger partial charge in [-0.25, -0.2) is 0 Å². The molecule has 0 aromatic rings. The van der Waals surface area contributed by atoms with Gasteiger partial charge < -0.3 is 10.1 Å². The van der Waals surface area contributed by atoms with E-state index in [9.17, 15) is 0 Å². The summed E-state index contributed by atoms with van der Waals surface area (Å²) in [4.78, 5) is 0. The van der Waals surface area contributed by atoms with Crippen LogP contribution in [0.15, 0.2) is 12.2 Å². The molecule has 17 heavy (non-hydrogen) atoms. The lowest BCUT2D eigenvalue weighted by atomic mass is 9.97. The average Bonchev–Trinajstić information content (AvgIpc) is 2.34. The fourth-order valence-corrected chi connectivity index (χ4v) is 2.02. The SMILES string of the molecule is C=C(CC)CC(NCCC)C(CCC)OCC. The molecule has 2 heteroatoms. The first kappa shape index (κ1) is 16.7. The minimum atomic E-state index is 0.333. The lowest BCUT2D eigenvalue weighted by Crippen LogP contribution is -2.42. The summed E-state index contributed by atoms with van der Waals surface area (Å²) in [6.45, 7) is 14.7. The molecule has 0 aliphatic carbocycles. The van der Waals surface area contributed by atoms with Crippen LogP contribution in [0, 0.1) is 0 Å². The number of nitrogens with one attached hydrogen (secondary N) is 1. The van der Waals surface area contributed by atoms with Crippen molar-refractivity contribution in [3.8, 4) is 0 Å². The van der Waals surface area contributed by atoms with E-state index in [1.165, 1.54) is 18.4 Å². The Labute approximate surface area is 108 Å². The van der Waals surface area contributed by atoms with Gasteiger partial charge in [0.15, 0.2) is 0 Å². The summed E-state index contributed by atoms with van der Waals surface area (Å²) >= 11 is 0. The summed E-state index contributed by atoms with van der Waals surface area (Å²) in [6, 6.07) is 0.433. The second kappa shape index (κ2) is 10.8. The van der Waals surface area contributed by atoms with E-state index in [0.717, 1.165) is 32.4 Å². The Balaban J connectivity index is 4.41. The third kappa shape index (κ3) is 7.56. The van der Waals surface area contributed by atoms with Gasteiger partial charge in [0, 0.05) is 12.6 Å². The summed E-state index contributed by atoms with van der Waals surface area (Å²) in [5.41, 5.74) is 1.32. The number of ether oxygens (including phenoxy) is 1. The second-order valence-corrected chi connectivity index (χ2v) is 4.65. The first-order chi connectivity index (χ1) is 8.19. The van der Waals surface area contributed by atoms with Crippen molar-refractivity contribution in [2.45, 2.75) is 71.9 Å². The topological polar surface area (TPSA) is 21.3 Å². The first-order valence-corrected chi connectivity index (χ1v) is 7.21. The van der Waals surface area contributed by atoms with Gasteiger partial charge >= 0.3 is 0 Å². The molecule has 0 spiro atoms. The smallest absolute Gasteiger partial charge is 0.0730 e. The molecular weight excluding hydrogens is 210 g/mol. The van der Waals surface area contributed by atoms with Crippen molar-refractivity contribution in [2.24, 2.45) is 0 Å². The molecule has 2 nitrogen and oxygen atoms in total. The molecule has 1 N–H and O–H groups in total. The van der Waals surface area contributed by atoms with E-state index >= 15 is 0 Å². The van der Waals surface area contributed by atoms with Crippen LogP contribution in [-0.2, 0) is 4.74 Å². The van der Waals surface area contributed by atoms with E-state index in [-0.39, 0.29) is 0 Å². The average molecular weight is 241 g/mol. The van der Waals surface area contributed by atoms with Gasteiger partial charge in [0.25, 0.3) is 0 Å². The standard InChI is InChI=1S/C15H31NO/c1-6-10-15(17-9-4)14(16-11-7-2)12-13(5)8-3/h14-16H,5-12H2,1-4H3. The molecule has 0 aliphatic heterocycles. The normalized spacial score (nSPS) is 14.6. The fraction of sp³-hybridized carbons (Fsp3) is 0.867. The summed E-state index contributed by atoms with van der Waals surface area (Å²) in [5.74, 6) is 0. The van der Waals surface area contributed by atoms with Crippen molar-refractivity contribution in [1.29, 1.82) is 0 Å². The zero-order valence-corrected chi connectivity index (χ0v) is 12.2. The Bertz CT molecular complexity index is 185.